The summed E-state index contributed by atoms with van der Waals surface area (Å²) in [6.45, 7) is 3.27. The van der Waals surface area contributed by atoms with E-state index in [2.05, 4.69) is 4.72 Å². The average molecular weight is 285 g/mol. The van der Waals surface area contributed by atoms with Gasteiger partial charge >= 0.3 is 0 Å². The second-order valence-corrected chi connectivity index (χ2v) is 7.07. The zero-order valence-corrected chi connectivity index (χ0v) is 11.8. The fourth-order valence-electron chi connectivity index (χ4n) is 1.84. The van der Waals surface area contributed by atoms with Crippen LogP contribution in [-0.4, -0.2) is 19.6 Å². The third-order valence-corrected chi connectivity index (χ3v) is 5.49. The van der Waals surface area contributed by atoms with Crippen molar-refractivity contribution in [3.8, 4) is 0 Å². The Balaban J connectivity index is 2.69. The Labute approximate surface area is 110 Å². The first-order valence-electron chi connectivity index (χ1n) is 5.59. The third-order valence-electron chi connectivity index (χ3n) is 2.42. The topological polar surface area (TPSA) is 66.4 Å². The van der Waals surface area contributed by atoms with Crippen molar-refractivity contribution in [2.45, 2.75) is 31.4 Å². The van der Waals surface area contributed by atoms with Crippen LogP contribution < -0.4 is 4.72 Å². The van der Waals surface area contributed by atoms with Gasteiger partial charge in [-0.3, -0.25) is 0 Å². The first kappa shape index (κ1) is 13.5. The molecule has 0 saturated heterocycles. The smallest absolute Gasteiger partial charge is 0.242 e. The Morgan fingerprint density at radius 2 is 2.00 bits per heavy atom. The highest BCUT2D eigenvalue weighted by atomic mass is 32.2. The number of benzene rings is 1. The summed E-state index contributed by atoms with van der Waals surface area (Å²) in [5, 5.41) is 10.0. The lowest BCUT2D eigenvalue weighted by molar-refractivity contribution is 0.283. The van der Waals surface area contributed by atoms with Crippen molar-refractivity contribution in [2.75, 3.05) is 0 Å². The first-order valence-corrected chi connectivity index (χ1v) is 7.89. The van der Waals surface area contributed by atoms with E-state index in [4.69, 9.17) is 0 Å². The molecule has 18 heavy (non-hydrogen) atoms. The van der Waals surface area contributed by atoms with E-state index in [1.54, 1.807) is 26.0 Å². The Morgan fingerprint density at radius 3 is 2.61 bits per heavy atom. The van der Waals surface area contributed by atoms with Crippen LogP contribution in [0.1, 0.15) is 18.7 Å². The molecule has 6 heteroatoms. The van der Waals surface area contributed by atoms with Gasteiger partial charge in [0.15, 0.2) is 0 Å². The van der Waals surface area contributed by atoms with Gasteiger partial charge in [0.1, 0.15) is 4.90 Å². The highest BCUT2D eigenvalue weighted by Crippen LogP contribution is 2.34. The number of hydrogen-bond donors (Lipinski definition) is 2. The lowest BCUT2D eigenvalue weighted by Gasteiger charge is -2.10. The first-order chi connectivity index (χ1) is 8.45. The minimum Gasteiger partial charge on any atom is -0.391 e. The van der Waals surface area contributed by atoms with Crippen molar-refractivity contribution in [1.29, 1.82) is 0 Å². The summed E-state index contributed by atoms with van der Waals surface area (Å²) in [6.07, 6.45) is 0. The summed E-state index contributed by atoms with van der Waals surface area (Å²) in [5.74, 6) is 0. The molecule has 4 nitrogen and oxygen atoms in total. The number of nitrogens with one attached hydrogen (secondary N) is 1. The maximum atomic E-state index is 12.3. The third kappa shape index (κ3) is 2.42. The zero-order valence-electron chi connectivity index (χ0n) is 10.2. The van der Waals surface area contributed by atoms with Crippen LogP contribution in [0.4, 0.5) is 0 Å². The molecule has 2 aromatic rings. The number of rotatable bonds is 4. The van der Waals surface area contributed by atoms with Gasteiger partial charge in [-0.25, -0.2) is 13.1 Å². The van der Waals surface area contributed by atoms with E-state index >= 15 is 0 Å². The van der Waals surface area contributed by atoms with Gasteiger partial charge in [-0.15, -0.1) is 11.3 Å². The Kier molecular flexibility index (Phi) is 3.72. The number of sulfonamides is 1. The molecule has 98 valence electrons. The van der Waals surface area contributed by atoms with E-state index < -0.39 is 10.0 Å². The number of hydrogen-bond acceptors (Lipinski definition) is 4. The second kappa shape index (κ2) is 4.97. The predicted molar refractivity (Wildman–Crippen MR) is 73.2 cm³/mol. The molecule has 1 heterocycles. The maximum Gasteiger partial charge on any atom is 0.242 e. The molecular weight excluding hydrogens is 270 g/mol. The largest absolute Gasteiger partial charge is 0.391 e. The molecule has 0 radical (unpaired) electrons. The summed E-state index contributed by atoms with van der Waals surface area (Å²) in [6, 6.07) is 7.09. The summed E-state index contributed by atoms with van der Waals surface area (Å²) in [7, 11) is -3.59. The van der Waals surface area contributed by atoms with Crippen LogP contribution in [0, 0.1) is 0 Å². The van der Waals surface area contributed by atoms with Gasteiger partial charge < -0.3 is 5.11 Å². The quantitative estimate of drug-likeness (QED) is 0.904. The monoisotopic (exact) mass is 285 g/mol. The van der Waals surface area contributed by atoms with Crippen molar-refractivity contribution in [1.82, 2.24) is 4.72 Å². The standard InChI is InChI=1S/C12H15NO3S2/c1-8(2)13-18(15,16)12-9-5-3-4-6-10(9)17-11(12)7-14/h3-6,8,13-14H,7H2,1-2H3. The fourth-order valence-corrected chi connectivity index (χ4v) is 4.89. The normalized spacial score (nSPS) is 12.4. The van der Waals surface area contributed by atoms with E-state index in [0.717, 1.165) is 4.70 Å². The van der Waals surface area contributed by atoms with Gasteiger partial charge in [0, 0.05) is 16.1 Å². The minimum absolute atomic E-state index is 0.180. The summed E-state index contributed by atoms with van der Waals surface area (Å²) >= 11 is 1.31. The van der Waals surface area contributed by atoms with Gasteiger partial charge in [0.05, 0.1) is 11.5 Å². The zero-order chi connectivity index (χ0) is 13.3. The Bertz CT molecular complexity index is 659. The number of fused-ring (bicyclic) bond motifs is 1. The molecule has 0 spiro atoms. The minimum atomic E-state index is -3.59. The molecule has 0 aliphatic rings. The SMILES string of the molecule is CC(C)NS(=O)(=O)c1c(CO)sc2ccccc12. The highest BCUT2D eigenvalue weighted by Gasteiger charge is 2.24. The Morgan fingerprint density at radius 1 is 1.33 bits per heavy atom. The molecule has 2 rings (SSSR count). The van der Waals surface area contributed by atoms with Crippen LogP contribution in [0.5, 0.6) is 0 Å². The van der Waals surface area contributed by atoms with Gasteiger partial charge in [0.25, 0.3) is 0 Å². The van der Waals surface area contributed by atoms with E-state index in [1.165, 1.54) is 11.3 Å². The molecule has 0 bridgehead atoms. The lowest BCUT2D eigenvalue weighted by Crippen LogP contribution is -2.30. The van der Waals surface area contributed by atoms with Crippen molar-refractivity contribution in [2.24, 2.45) is 0 Å². The molecule has 2 N–H and O–H groups in total. The summed E-state index contributed by atoms with van der Waals surface area (Å²) in [5.41, 5.74) is 0. The van der Waals surface area contributed by atoms with Gasteiger partial charge in [-0.1, -0.05) is 18.2 Å². The average Bonchev–Trinajstić information content (AvgIpc) is 2.66. The molecule has 0 aliphatic heterocycles. The summed E-state index contributed by atoms with van der Waals surface area (Å²) in [4.78, 5) is 0.684. The molecule has 0 atom stereocenters. The van der Waals surface area contributed by atoms with Crippen molar-refractivity contribution < 1.29 is 13.5 Å². The van der Waals surface area contributed by atoms with Gasteiger partial charge in [0.2, 0.25) is 10.0 Å². The Hall–Kier alpha value is -0.950. The van der Waals surface area contributed by atoms with Gasteiger partial charge in [-0.2, -0.15) is 0 Å². The maximum absolute atomic E-state index is 12.3. The van der Waals surface area contributed by atoms with Crippen LogP contribution in [-0.2, 0) is 16.6 Å². The van der Waals surface area contributed by atoms with Crippen molar-refractivity contribution in [3.05, 3.63) is 29.1 Å². The molecular formula is C12H15NO3S2. The van der Waals surface area contributed by atoms with E-state index in [9.17, 15) is 13.5 Å². The van der Waals surface area contributed by atoms with Crippen LogP contribution in [0.15, 0.2) is 29.2 Å². The molecule has 0 aliphatic carbocycles. The number of aliphatic hydroxyl groups is 1. The van der Waals surface area contributed by atoms with Crippen molar-refractivity contribution in [3.63, 3.8) is 0 Å². The number of thiophene rings is 1. The second-order valence-electron chi connectivity index (χ2n) is 4.28. The van der Waals surface area contributed by atoms with Gasteiger partial charge in [-0.05, 0) is 19.9 Å². The predicted octanol–water partition coefficient (Wildman–Crippen LogP) is 2.08. The lowest BCUT2D eigenvalue weighted by atomic mass is 10.2. The molecule has 0 unspecified atom stereocenters. The van der Waals surface area contributed by atoms with E-state index in [0.29, 0.717) is 10.3 Å². The molecule has 0 amide bonds. The van der Waals surface area contributed by atoms with Crippen LogP contribution >= 0.6 is 11.3 Å². The molecule has 1 aromatic carbocycles. The summed E-state index contributed by atoms with van der Waals surface area (Å²) < 4.78 is 28.0. The van der Waals surface area contributed by atoms with E-state index in [-0.39, 0.29) is 17.5 Å². The fraction of sp³-hybridized carbons (Fsp3) is 0.333. The van der Waals surface area contributed by atoms with Crippen molar-refractivity contribution >= 4 is 31.4 Å². The molecule has 1 aromatic heterocycles. The number of aliphatic hydroxyl groups excluding tert-OH is 1. The van der Waals surface area contributed by atoms with E-state index in [1.807, 2.05) is 12.1 Å². The van der Waals surface area contributed by atoms with Crippen LogP contribution in [0.25, 0.3) is 10.1 Å². The molecule has 0 saturated carbocycles. The molecule has 0 fully saturated rings. The van der Waals surface area contributed by atoms with Crippen LogP contribution in [0.3, 0.4) is 0 Å². The highest BCUT2D eigenvalue weighted by molar-refractivity contribution is 7.90. The van der Waals surface area contributed by atoms with Crippen LogP contribution in [0.2, 0.25) is 0 Å².